The monoisotopic (exact) mass is 368 g/mol. The van der Waals surface area contributed by atoms with Crippen LogP contribution in [0.15, 0.2) is 47.6 Å². The number of fused-ring (bicyclic) bond motifs is 2. The summed E-state index contributed by atoms with van der Waals surface area (Å²) in [7, 11) is -3.48. The smallest absolute Gasteiger partial charge is 0.246 e. The van der Waals surface area contributed by atoms with Gasteiger partial charge in [0.25, 0.3) is 0 Å². The van der Waals surface area contributed by atoms with E-state index in [1.165, 1.54) is 6.20 Å². The molecule has 2 fully saturated rings. The average Bonchev–Trinajstić information content (AvgIpc) is 3.15. The van der Waals surface area contributed by atoms with E-state index >= 15 is 0 Å². The maximum atomic E-state index is 12.9. The molecule has 6 nitrogen and oxygen atoms in total. The van der Waals surface area contributed by atoms with Gasteiger partial charge in [-0.15, -0.1) is 12.4 Å². The van der Waals surface area contributed by atoms with E-state index in [1.54, 1.807) is 15.2 Å². The number of halogens is 1. The summed E-state index contributed by atoms with van der Waals surface area (Å²) in [6, 6.07) is 10.3. The van der Waals surface area contributed by atoms with Gasteiger partial charge in [0, 0.05) is 25.2 Å². The minimum absolute atomic E-state index is 0. The second-order valence-electron chi connectivity index (χ2n) is 6.25. The summed E-state index contributed by atoms with van der Waals surface area (Å²) in [5.74, 6) is 0. The van der Waals surface area contributed by atoms with Crippen molar-refractivity contribution in [3.8, 4) is 5.69 Å². The van der Waals surface area contributed by atoms with Gasteiger partial charge in [0.05, 0.1) is 18.1 Å². The maximum Gasteiger partial charge on any atom is 0.246 e. The first-order valence-corrected chi connectivity index (χ1v) is 9.43. The number of hydrogen-bond acceptors (Lipinski definition) is 4. The summed E-state index contributed by atoms with van der Waals surface area (Å²) in [6.45, 7) is 1.13. The first-order chi connectivity index (χ1) is 11.1. The third kappa shape index (κ3) is 3.21. The quantitative estimate of drug-likeness (QED) is 0.897. The van der Waals surface area contributed by atoms with E-state index < -0.39 is 10.0 Å². The Labute approximate surface area is 148 Å². The number of benzene rings is 1. The van der Waals surface area contributed by atoms with Crippen LogP contribution in [-0.2, 0) is 10.0 Å². The van der Waals surface area contributed by atoms with Crippen molar-refractivity contribution in [3.63, 3.8) is 0 Å². The number of sulfonamides is 1. The average molecular weight is 369 g/mol. The van der Waals surface area contributed by atoms with E-state index in [-0.39, 0.29) is 23.3 Å². The molecule has 0 amide bonds. The molecule has 2 aliphatic heterocycles. The van der Waals surface area contributed by atoms with Crippen LogP contribution in [0.3, 0.4) is 0 Å². The number of hydrogen-bond donors (Lipinski definition) is 1. The molecule has 0 radical (unpaired) electrons. The molecule has 0 spiro atoms. The van der Waals surface area contributed by atoms with Gasteiger partial charge in [-0.05, 0) is 31.4 Å². The zero-order valence-corrected chi connectivity index (χ0v) is 14.8. The Hall–Kier alpha value is -1.41. The van der Waals surface area contributed by atoms with E-state index in [2.05, 4.69) is 10.4 Å². The van der Waals surface area contributed by atoms with Gasteiger partial charge in [0.1, 0.15) is 4.90 Å². The fourth-order valence-corrected chi connectivity index (χ4v) is 4.87. The van der Waals surface area contributed by atoms with E-state index in [0.717, 1.165) is 24.9 Å². The summed E-state index contributed by atoms with van der Waals surface area (Å²) < 4.78 is 29.0. The van der Waals surface area contributed by atoms with Gasteiger partial charge >= 0.3 is 0 Å². The van der Waals surface area contributed by atoms with E-state index in [9.17, 15) is 8.42 Å². The Kier molecular flexibility index (Phi) is 4.96. The molecule has 2 saturated heterocycles. The van der Waals surface area contributed by atoms with Crippen LogP contribution in [0.2, 0.25) is 0 Å². The molecule has 8 heteroatoms. The van der Waals surface area contributed by atoms with Crippen molar-refractivity contribution in [2.75, 3.05) is 13.1 Å². The largest absolute Gasteiger partial charge is 0.310 e. The molecule has 130 valence electrons. The molecule has 0 aliphatic carbocycles. The van der Waals surface area contributed by atoms with E-state index in [0.29, 0.717) is 19.1 Å². The van der Waals surface area contributed by atoms with E-state index in [1.807, 2.05) is 30.3 Å². The molecule has 4 rings (SSSR count). The fourth-order valence-electron chi connectivity index (χ4n) is 3.44. The van der Waals surface area contributed by atoms with Crippen molar-refractivity contribution in [3.05, 3.63) is 42.7 Å². The number of nitrogens with one attached hydrogen (secondary N) is 1. The van der Waals surface area contributed by atoms with Crippen LogP contribution in [0.5, 0.6) is 0 Å². The third-order valence-corrected chi connectivity index (χ3v) is 6.52. The molecule has 3 heterocycles. The minimum atomic E-state index is -3.48. The van der Waals surface area contributed by atoms with Crippen LogP contribution in [0.4, 0.5) is 0 Å². The molecular weight excluding hydrogens is 348 g/mol. The Bertz CT molecular complexity index is 793. The minimum Gasteiger partial charge on any atom is -0.310 e. The first kappa shape index (κ1) is 17.4. The molecule has 1 N–H and O–H groups in total. The highest BCUT2D eigenvalue weighted by atomic mass is 35.5. The van der Waals surface area contributed by atoms with Crippen LogP contribution >= 0.6 is 12.4 Å². The zero-order chi connectivity index (χ0) is 15.9. The van der Waals surface area contributed by atoms with Crippen molar-refractivity contribution < 1.29 is 8.42 Å². The maximum absolute atomic E-state index is 12.9. The lowest BCUT2D eigenvalue weighted by Crippen LogP contribution is -2.38. The fraction of sp³-hybridized carbons (Fsp3) is 0.438. The summed E-state index contributed by atoms with van der Waals surface area (Å²) in [4.78, 5) is 0.263. The molecule has 2 unspecified atom stereocenters. The van der Waals surface area contributed by atoms with Gasteiger partial charge in [-0.1, -0.05) is 18.2 Å². The predicted octanol–water partition coefficient (Wildman–Crippen LogP) is 1.81. The van der Waals surface area contributed by atoms with Gasteiger partial charge in [-0.3, -0.25) is 0 Å². The van der Waals surface area contributed by atoms with Crippen LogP contribution in [-0.4, -0.2) is 47.7 Å². The van der Waals surface area contributed by atoms with Crippen LogP contribution in [0.1, 0.15) is 19.3 Å². The van der Waals surface area contributed by atoms with Crippen molar-refractivity contribution in [1.82, 2.24) is 19.4 Å². The Morgan fingerprint density at radius 2 is 1.83 bits per heavy atom. The summed E-state index contributed by atoms with van der Waals surface area (Å²) in [5, 5.41) is 7.72. The number of nitrogens with zero attached hydrogens (tertiary/aromatic N) is 3. The molecule has 1 aromatic heterocycles. The Morgan fingerprint density at radius 1 is 1.08 bits per heavy atom. The van der Waals surface area contributed by atoms with Gasteiger partial charge in [0.15, 0.2) is 0 Å². The molecule has 24 heavy (non-hydrogen) atoms. The highest BCUT2D eigenvalue weighted by Gasteiger charge is 2.35. The molecular formula is C16H21ClN4O2S. The van der Waals surface area contributed by atoms with Gasteiger partial charge in [-0.2, -0.15) is 9.40 Å². The zero-order valence-electron chi connectivity index (χ0n) is 13.2. The summed E-state index contributed by atoms with van der Waals surface area (Å²) in [5.41, 5.74) is 0.852. The van der Waals surface area contributed by atoms with Gasteiger partial charge in [0.2, 0.25) is 10.0 Å². The highest BCUT2D eigenvalue weighted by Crippen LogP contribution is 2.25. The first-order valence-electron chi connectivity index (χ1n) is 7.99. The number of rotatable bonds is 3. The van der Waals surface area contributed by atoms with Gasteiger partial charge < -0.3 is 5.32 Å². The van der Waals surface area contributed by atoms with Crippen molar-refractivity contribution >= 4 is 22.4 Å². The lowest BCUT2D eigenvalue weighted by Gasteiger charge is -2.22. The molecule has 1 aromatic carbocycles. The van der Waals surface area contributed by atoms with Crippen LogP contribution in [0.25, 0.3) is 5.69 Å². The van der Waals surface area contributed by atoms with Crippen molar-refractivity contribution in [2.45, 2.75) is 36.2 Å². The third-order valence-electron chi connectivity index (χ3n) is 4.70. The highest BCUT2D eigenvalue weighted by molar-refractivity contribution is 7.89. The predicted molar refractivity (Wildman–Crippen MR) is 94.1 cm³/mol. The SMILES string of the molecule is Cl.O=S(=O)(c1cnn(-c2ccccc2)c1)N1CCC2CCC(C1)N2. The van der Waals surface area contributed by atoms with Crippen LogP contribution < -0.4 is 5.32 Å². The number of aromatic nitrogens is 2. The van der Waals surface area contributed by atoms with Crippen molar-refractivity contribution in [1.29, 1.82) is 0 Å². The van der Waals surface area contributed by atoms with Crippen molar-refractivity contribution in [2.24, 2.45) is 0 Å². The normalized spacial score (nSPS) is 24.3. The molecule has 2 bridgehead atoms. The Morgan fingerprint density at radius 3 is 2.62 bits per heavy atom. The molecule has 2 aliphatic rings. The lowest BCUT2D eigenvalue weighted by atomic mass is 10.1. The summed E-state index contributed by atoms with van der Waals surface area (Å²) in [6.07, 6.45) is 6.13. The van der Waals surface area contributed by atoms with Gasteiger partial charge in [-0.25, -0.2) is 13.1 Å². The summed E-state index contributed by atoms with van der Waals surface area (Å²) >= 11 is 0. The molecule has 0 saturated carbocycles. The Balaban J connectivity index is 0.00000169. The second kappa shape index (κ2) is 6.84. The number of para-hydroxylation sites is 1. The van der Waals surface area contributed by atoms with Crippen LogP contribution in [0, 0.1) is 0 Å². The van der Waals surface area contributed by atoms with E-state index in [4.69, 9.17) is 0 Å². The molecule has 2 aromatic rings. The molecule has 2 atom stereocenters. The lowest BCUT2D eigenvalue weighted by molar-refractivity contribution is 0.383. The topological polar surface area (TPSA) is 67.2 Å². The second-order valence-corrected chi connectivity index (χ2v) is 8.18. The standard InChI is InChI=1S/C16H20N4O2S.ClH/c21-23(22,19-9-8-13-6-7-14(11-19)18-13)16-10-17-20(12-16)15-4-2-1-3-5-15;/h1-5,10,12-14,18H,6-9,11H2;1H.